The van der Waals surface area contributed by atoms with Gasteiger partial charge < -0.3 is 15.9 Å². The molecular formula is C10H15FN2O2. The highest BCUT2D eigenvalue weighted by Crippen LogP contribution is 2.22. The van der Waals surface area contributed by atoms with E-state index in [2.05, 4.69) is 4.98 Å². The zero-order valence-electron chi connectivity index (χ0n) is 8.52. The van der Waals surface area contributed by atoms with E-state index in [0.717, 1.165) is 0 Å². The molecule has 0 aliphatic heterocycles. The van der Waals surface area contributed by atoms with Crippen LogP contribution in [0.1, 0.15) is 23.7 Å². The van der Waals surface area contributed by atoms with Crippen LogP contribution in [0, 0.1) is 12.9 Å². The predicted octanol–water partition coefficient (Wildman–Crippen LogP) is 0.272. The molecule has 1 heterocycles. The number of rotatable bonds is 4. The molecule has 0 radical (unpaired) electrons. The molecule has 2 atom stereocenters. The van der Waals surface area contributed by atoms with Crippen molar-refractivity contribution in [1.29, 1.82) is 0 Å². The Morgan fingerprint density at radius 1 is 1.53 bits per heavy atom. The predicted molar refractivity (Wildman–Crippen MR) is 53.6 cm³/mol. The van der Waals surface area contributed by atoms with Crippen LogP contribution in [0.25, 0.3) is 0 Å². The maximum atomic E-state index is 13.1. The van der Waals surface area contributed by atoms with Crippen molar-refractivity contribution >= 4 is 0 Å². The maximum Gasteiger partial charge on any atom is 0.216 e. The minimum atomic E-state index is -1.12. The lowest BCUT2D eigenvalue weighted by Crippen LogP contribution is -2.22. The van der Waals surface area contributed by atoms with E-state index in [1.165, 1.54) is 19.2 Å². The van der Waals surface area contributed by atoms with E-state index in [4.69, 9.17) is 5.73 Å². The minimum Gasteiger partial charge on any atom is -0.390 e. The monoisotopic (exact) mass is 214 g/mol. The Kier molecular flexibility index (Phi) is 4.14. The van der Waals surface area contributed by atoms with Crippen molar-refractivity contribution in [3.05, 3.63) is 29.3 Å². The van der Waals surface area contributed by atoms with Crippen LogP contribution in [0.3, 0.4) is 0 Å². The summed E-state index contributed by atoms with van der Waals surface area (Å²) in [6, 6.07) is 1.49. The summed E-state index contributed by atoms with van der Waals surface area (Å²) in [5, 5.41) is 19.2. The van der Waals surface area contributed by atoms with Gasteiger partial charge in [0, 0.05) is 11.8 Å². The average Bonchev–Trinajstić information content (AvgIpc) is 2.21. The molecular weight excluding hydrogens is 199 g/mol. The van der Waals surface area contributed by atoms with E-state index in [1.54, 1.807) is 0 Å². The van der Waals surface area contributed by atoms with Crippen molar-refractivity contribution in [3.63, 3.8) is 0 Å². The molecule has 0 amide bonds. The second-order valence-electron chi connectivity index (χ2n) is 3.41. The first-order valence-corrected chi connectivity index (χ1v) is 4.75. The molecule has 0 bridgehead atoms. The lowest BCUT2D eigenvalue weighted by Gasteiger charge is -2.19. The third-order valence-electron chi connectivity index (χ3n) is 2.33. The summed E-state index contributed by atoms with van der Waals surface area (Å²) in [5.74, 6) is -0.633. The van der Waals surface area contributed by atoms with Crippen LogP contribution in [0.2, 0.25) is 0 Å². The van der Waals surface area contributed by atoms with Gasteiger partial charge in [0.15, 0.2) is 0 Å². The van der Waals surface area contributed by atoms with Gasteiger partial charge in [-0.05, 0) is 31.5 Å². The maximum absolute atomic E-state index is 13.1. The Bertz CT molecular complexity index is 333. The molecule has 0 spiro atoms. The third-order valence-corrected chi connectivity index (χ3v) is 2.33. The fourth-order valence-electron chi connectivity index (χ4n) is 1.38. The Labute approximate surface area is 87.6 Å². The molecule has 4 N–H and O–H groups in total. The van der Waals surface area contributed by atoms with Crippen molar-refractivity contribution < 1.29 is 14.6 Å². The molecule has 0 saturated heterocycles. The zero-order valence-corrected chi connectivity index (χ0v) is 8.52. The highest BCUT2D eigenvalue weighted by molar-refractivity contribution is 5.25. The minimum absolute atomic E-state index is 0.251. The molecule has 2 unspecified atom stereocenters. The van der Waals surface area contributed by atoms with E-state index in [-0.39, 0.29) is 18.5 Å². The fraction of sp³-hybridized carbons (Fsp3) is 0.500. The summed E-state index contributed by atoms with van der Waals surface area (Å²) >= 11 is 0. The van der Waals surface area contributed by atoms with Gasteiger partial charge >= 0.3 is 0 Å². The summed E-state index contributed by atoms with van der Waals surface area (Å²) in [7, 11) is 0. The Balaban J connectivity index is 2.90. The van der Waals surface area contributed by atoms with Gasteiger partial charge in [-0.15, -0.1) is 0 Å². The van der Waals surface area contributed by atoms with E-state index < -0.39 is 18.2 Å². The van der Waals surface area contributed by atoms with E-state index in [1.807, 2.05) is 0 Å². The molecule has 5 heteroatoms. The average molecular weight is 214 g/mol. The SMILES string of the molecule is Cc1c(C(O)C(O)CCN)ccnc1F. The summed E-state index contributed by atoms with van der Waals surface area (Å²) < 4.78 is 13.1. The van der Waals surface area contributed by atoms with Crippen LogP contribution >= 0.6 is 0 Å². The molecule has 0 aliphatic carbocycles. The molecule has 0 saturated carbocycles. The van der Waals surface area contributed by atoms with E-state index >= 15 is 0 Å². The zero-order chi connectivity index (χ0) is 11.4. The number of nitrogens with two attached hydrogens (primary N) is 1. The summed E-state index contributed by atoms with van der Waals surface area (Å²) in [4.78, 5) is 3.44. The van der Waals surface area contributed by atoms with Gasteiger partial charge in [-0.3, -0.25) is 0 Å². The van der Waals surface area contributed by atoms with Crippen LogP contribution in [0.4, 0.5) is 4.39 Å². The van der Waals surface area contributed by atoms with Gasteiger partial charge in [-0.25, -0.2) is 4.98 Å². The number of nitrogens with zero attached hydrogens (tertiary/aromatic N) is 1. The first-order chi connectivity index (χ1) is 7.07. The molecule has 0 aromatic carbocycles. The number of aliphatic hydroxyl groups is 2. The molecule has 15 heavy (non-hydrogen) atoms. The number of aromatic nitrogens is 1. The summed E-state index contributed by atoms with van der Waals surface area (Å²) in [6.45, 7) is 1.78. The third kappa shape index (κ3) is 2.71. The number of hydrogen-bond acceptors (Lipinski definition) is 4. The van der Waals surface area contributed by atoms with Gasteiger partial charge in [-0.2, -0.15) is 4.39 Å². The van der Waals surface area contributed by atoms with Crippen LogP contribution in [0.5, 0.6) is 0 Å². The second-order valence-corrected chi connectivity index (χ2v) is 3.41. The van der Waals surface area contributed by atoms with Crippen molar-refractivity contribution in [2.75, 3.05) is 6.54 Å². The Morgan fingerprint density at radius 2 is 2.20 bits per heavy atom. The first kappa shape index (κ1) is 12.0. The van der Waals surface area contributed by atoms with E-state index in [0.29, 0.717) is 5.56 Å². The Morgan fingerprint density at radius 3 is 2.80 bits per heavy atom. The van der Waals surface area contributed by atoms with Crippen molar-refractivity contribution in [3.8, 4) is 0 Å². The van der Waals surface area contributed by atoms with Crippen molar-refractivity contribution in [1.82, 2.24) is 4.98 Å². The standard InChI is InChI=1S/C10H15FN2O2/c1-6-7(3-5-13-10(6)11)9(15)8(14)2-4-12/h3,5,8-9,14-15H,2,4,12H2,1H3. The number of halogens is 1. The van der Waals surface area contributed by atoms with E-state index in [9.17, 15) is 14.6 Å². The summed E-state index contributed by atoms with van der Waals surface area (Å²) in [6.07, 6.45) is -0.567. The topological polar surface area (TPSA) is 79.4 Å². The smallest absolute Gasteiger partial charge is 0.216 e. The molecule has 0 aliphatic rings. The molecule has 4 nitrogen and oxygen atoms in total. The quantitative estimate of drug-likeness (QED) is 0.629. The van der Waals surface area contributed by atoms with Gasteiger partial charge in [-0.1, -0.05) is 0 Å². The van der Waals surface area contributed by atoms with Gasteiger partial charge in [0.05, 0.1) is 6.10 Å². The van der Waals surface area contributed by atoms with Gasteiger partial charge in [0.2, 0.25) is 5.95 Å². The normalized spacial score (nSPS) is 15.0. The lowest BCUT2D eigenvalue weighted by atomic mass is 9.99. The number of hydrogen-bond donors (Lipinski definition) is 3. The fourth-order valence-corrected chi connectivity index (χ4v) is 1.38. The van der Waals surface area contributed by atoms with Crippen LogP contribution < -0.4 is 5.73 Å². The van der Waals surface area contributed by atoms with Gasteiger partial charge in [0.25, 0.3) is 0 Å². The van der Waals surface area contributed by atoms with Crippen molar-refractivity contribution in [2.24, 2.45) is 5.73 Å². The highest BCUT2D eigenvalue weighted by atomic mass is 19.1. The van der Waals surface area contributed by atoms with Crippen LogP contribution in [-0.4, -0.2) is 27.8 Å². The largest absolute Gasteiger partial charge is 0.390 e. The van der Waals surface area contributed by atoms with Crippen molar-refractivity contribution in [2.45, 2.75) is 25.6 Å². The molecule has 1 rings (SSSR count). The van der Waals surface area contributed by atoms with Crippen LogP contribution in [-0.2, 0) is 0 Å². The molecule has 84 valence electrons. The van der Waals surface area contributed by atoms with Gasteiger partial charge in [0.1, 0.15) is 6.10 Å². The number of pyridine rings is 1. The highest BCUT2D eigenvalue weighted by Gasteiger charge is 2.20. The second kappa shape index (κ2) is 5.16. The molecule has 1 aromatic heterocycles. The number of aliphatic hydroxyl groups excluding tert-OH is 2. The molecule has 1 aromatic rings. The first-order valence-electron chi connectivity index (χ1n) is 4.75. The Hall–Kier alpha value is -1.04. The molecule has 0 fully saturated rings. The lowest BCUT2D eigenvalue weighted by molar-refractivity contribution is 0.0144. The van der Waals surface area contributed by atoms with Crippen LogP contribution in [0.15, 0.2) is 12.3 Å². The summed E-state index contributed by atoms with van der Waals surface area (Å²) in [5.41, 5.74) is 5.86.